The summed E-state index contributed by atoms with van der Waals surface area (Å²) in [6.07, 6.45) is 1.99. The van der Waals surface area contributed by atoms with Gasteiger partial charge in [-0.15, -0.1) is 0 Å². The Morgan fingerprint density at radius 1 is 0.524 bits per heavy atom. The van der Waals surface area contributed by atoms with E-state index in [1.165, 1.54) is 54.6 Å². The molecule has 0 N–H and O–H groups in total. The molecule has 0 unspecified atom stereocenters. The largest absolute Gasteiger partial charge is 0.296 e. The first kappa shape index (κ1) is 24.6. The molecule has 0 aliphatic carbocycles. The third-order valence-corrected chi connectivity index (χ3v) is 8.47. The summed E-state index contributed by atoms with van der Waals surface area (Å²) in [6, 6.07) is 50.6. The van der Waals surface area contributed by atoms with Gasteiger partial charge in [0.25, 0.3) is 0 Å². The van der Waals surface area contributed by atoms with Crippen LogP contribution in [0, 0.1) is 0 Å². The van der Waals surface area contributed by atoms with Crippen LogP contribution in [0.15, 0.2) is 140 Å². The quantitative estimate of drug-likeness (QED) is 0.199. The fourth-order valence-electron chi connectivity index (χ4n) is 6.64. The molecule has 42 heavy (non-hydrogen) atoms. The number of aromatic nitrogens is 2. The Morgan fingerprint density at radius 2 is 1.07 bits per heavy atom. The molecule has 8 rings (SSSR count). The van der Waals surface area contributed by atoms with E-state index in [0.29, 0.717) is 0 Å². The van der Waals surface area contributed by atoms with Gasteiger partial charge in [-0.1, -0.05) is 116 Å². The molecule has 0 atom stereocenters. The SMILES string of the molecule is CCCc1nc2cc(-c3c4ccccc4c(-c4ccc5ccccc5c4)c4ccccc34)ccc2n1-c1ccccc1. The van der Waals surface area contributed by atoms with Crippen molar-refractivity contribution in [3.8, 4) is 27.9 Å². The summed E-state index contributed by atoms with van der Waals surface area (Å²) in [6.45, 7) is 2.22. The van der Waals surface area contributed by atoms with Gasteiger partial charge in [0.1, 0.15) is 5.82 Å². The Labute approximate surface area is 245 Å². The second-order valence-electron chi connectivity index (χ2n) is 11.1. The lowest BCUT2D eigenvalue weighted by Gasteiger charge is -2.18. The number of hydrogen-bond acceptors (Lipinski definition) is 1. The van der Waals surface area contributed by atoms with Crippen LogP contribution in [0.5, 0.6) is 0 Å². The van der Waals surface area contributed by atoms with E-state index in [0.717, 1.165) is 35.4 Å². The number of rotatable bonds is 5. The van der Waals surface area contributed by atoms with Crippen LogP contribution in [0.25, 0.3) is 71.3 Å². The van der Waals surface area contributed by atoms with Gasteiger partial charge >= 0.3 is 0 Å². The highest BCUT2D eigenvalue weighted by Crippen LogP contribution is 2.44. The average Bonchev–Trinajstić information content (AvgIpc) is 3.41. The Kier molecular flexibility index (Phi) is 5.86. The van der Waals surface area contributed by atoms with Crippen molar-refractivity contribution in [2.24, 2.45) is 0 Å². The molecule has 0 radical (unpaired) electrons. The van der Waals surface area contributed by atoms with Crippen LogP contribution in [-0.4, -0.2) is 9.55 Å². The number of imidazole rings is 1. The van der Waals surface area contributed by atoms with Gasteiger partial charge in [-0.3, -0.25) is 4.57 Å². The predicted molar refractivity (Wildman–Crippen MR) is 178 cm³/mol. The summed E-state index contributed by atoms with van der Waals surface area (Å²) in [5, 5.41) is 7.57. The highest BCUT2D eigenvalue weighted by atomic mass is 15.1. The molecular weight excluding hydrogens is 508 g/mol. The maximum atomic E-state index is 5.18. The van der Waals surface area contributed by atoms with Crippen LogP contribution in [0.2, 0.25) is 0 Å². The standard InChI is InChI=1S/C40H30N2/c1-2-12-38-41-36-26-30(23-24-37(36)42(38)31-15-4-3-5-16-31)40-34-19-10-8-17-32(34)39(33-18-9-11-20-35(33)40)29-22-21-27-13-6-7-14-28(27)25-29/h3-11,13-26H,2,12H2,1H3. The van der Waals surface area contributed by atoms with Gasteiger partial charge in [-0.05, 0) is 91.3 Å². The number of nitrogens with zero attached hydrogens (tertiary/aromatic N) is 2. The summed E-state index contributed by atoms with van der Waals surface area (Å²) < 4.78 is 2.32. The van der Waals surface area contributed by atoms with E-state index in [1.807, 2.05) is 0 Å². The molecule has 1 aromatic heterocycles. The number of benzene rings is 7. The molecule has 0 saturated carbocycles. The van der Waals surface area contributed by atoms with E-state index in [2.05, 4.69) is 151 Å². The van der Waals surface area contributed by atoms with E-state index in [1.54, 1.807) is 0 Å². The second-order valence-corrected chi connectivity index (χ2v) is 11.1. The van der Waals surface area contributed by atoms with Gasteiger partial charge in [-0.2, -0.15) is 0 Å². The fourth-order valence-corrected chi connectivity index (χ4v) is 6.64. The molecule has 8 aromatic rings. The van der Waals surface area contributed by atoms with Crippen molar-refractivity contribution < 1.29 is 0 Å². The van der Waals surface area contributed by atoms with Crippen molar-refractivity contribution >= 4 is 43.4 Å². The highest BCUT2D eigenvalue weighted by molar-refractivity contribution is 6.22. The Balaban J connectivity index is 1.40. The monoisotopic (exact) mass is 538 g/mol. The molecule has 0 aliphatic heterocycles. The van der Waals surface area contributed by atoms with E-state index < -0.39 is 0 Å². The van der Waals surface area contributed by atoms with Crippen molar-refractivity contribution in [2.45, 2.75) is 19.8 Å². The predicted octanol–water partition coefficient (Wildman–Crippen LogP) is 10.8. The summed E-state index contributed by atoms with van der Waals surface area (Å²) in [5.41, 5.74) is 8.33. The maximum absolute atomic E-state index is 5.18. The average molecular weight is 539 g/mol. The summed E-state index contributed by atoms with van der Waals surface area (Å²) in [4.78, 5) is 5.18. The van der Waals surface area contributed by atoms with Crippen molar-refractivity contribution in [3.05, 3.63) is 145 Å². The van der Waals surface area contributed by atoms with Gasteiger partial charge in [0.15, 0.2) is 0 Å². The summed E-state index contributed by atoms with van der Waals surface area (Å²) >= 11 is 0. The highest BCUT2D eigenvalue weighted by Gasteiger charge is 2.18. The minimum absolute atomic E-state index is 0.936. The van der Waals surface area contributed by atoms with Crippen LogP contribution >= 0.6 is 0 Å². The maximum Gasteiger partial charge on any atom is 0.114 e. The second kappa shape index (κ2) is 10.0. The lowest BCUT2D eigenvalue weighted by Crippen LogP contribution is -2.00. The molecule has 7 aromatic carbocycles. The lowest BCUT2D eigenvalue weighted by atomic mass is 9.85. The normalized spacial score (nSPS) is 11.6. The molecule has 0 fully saturated rings. The minimum atomic E-state index is 0.936. The number of hydrogen-bond donors (Lipinski definition) is 0. The van der Waals surface area contributed by atoms with Crippen molar-refractivity contribution in [2.75, 3.05) is 0 Å². The third-order valence-electron chi connectivity index (χ3n) is 8.47. The summed E-state index contributed by atoms with van der Waals surface area (Å²) in [7, 11) is 0. The molecule has 0 bridgehead atoms. The third kappa shape index (κ3) is 3.91. The van der Waals surface area contributed by atoms with Gasteiger partial charge in [-0.25, -0.2) is 4.98 Å². The topological polar surface area (TPSA) is 17.8 Å². The Morgan fingerprint density at radius 3 is 1.71 bits per heavy atom. The molecule has 0 amide bonds. The van der Waals surface area contributed by atoms with Crippen LogP contribution in [0.3, 0.4) is 0 Å². The number of fused-ring (bicyclic) bond motifs is 4. The van der Waals surface area contributed by atoms with Crippen molar-refractivity contribution in [3.63, 3.8) is 0 Å². The number of aryl methyl sites for hydroxylation is 1. The van der Waals surface area contributed by atoms with Crippen LogP contribution < -0.4 is 0 Å². The van der Waals surface area contributed by atoms with Crippen LogP contribution in [0.1, 0.15) is 19.2 Å². The van der Waals surface area contributed by atoms with Gasteiger partial charge in [0.05, 0.1) is 11.0 Å². The molecule has 0 aliphatic rings. The molecule has 2 nitrogen and oxygen atoms in total. The van der Waals surface area contributed by atoms with Gasteiger partial charge < -0.3 is 0 Å². The molecule has 0 saturated heterocycles. The van der Waals surface area contributed by atoms with E-state index in [9.17, 15) is 0 Å². The molecule has 1 heterocycles. The molecular formula is C40H30N2. The van der Waals surface area contributed by atoms with E-state index >= 15 is 0 Å². The zero-order valence-corrected chi connectivity index (χ0v) is 23.6. The first-order chi connectivity index (χ1) is 20.8. The Bertz CT molecular complexity index is 2200. The smallest absolute Gasteiger partial charge is 0.114 e. The van der Waals surface area contributed by atoms with Gasteiger partial charge in [0, 0.05) is 12.1 Å². The first-order valence-electron chi connectivity index (χ1n) is 14.8. The zero-order valence-electron chi connectivity index (χ0n) is 23.6. The number of para-hydroxylation sites is 1. The zero-order chi connectivity index (χ0) is 28.0. The molecule has 2 heteroatoms. The van der Waals surface area contributed by atoms with Crippen molar-refractivity contribution in [1.82, 2.24) is 9.55 Å². The van der Waals surface area contributed by atoms with E-state index in [4.69, 9.17) is 4.98 Å². The lowest BCUT2D eigenvalue weighted by molar-refractivity contribution is 0.818. The van der Waals surface area contributed by atoms with Crippen LogP contribution in [0.4, 0.5) is 0 Å². The van der Waals surface area contributed by atoms with Crippen LogP contribution in [-0.2, 0) is 6.42 Å². The first-order valence-corrected chi connectivity index (χ1v) is 14.8. The molecule has 0 spiro atoms. The summed E-state index contributed by atoms with van der Waals surface area (Å²) in [5.74, 6) is 1.11. The van der Waals surface area contributed by atoms with Crippen molar-refractivity contribution in [1.29, 1.82) is 0 Å². The fraction of sp³-hybridized carbons (Fsp3) is 0.0750. The van der Waals surface area contributed by atoms with Gasteiger partial charge in [0.2, 0.25) is 0 Å². The molecule has 200 valence electrons. The van der Waals surface area contributed by atoms with E-state index in [-0.39, 0.29) is 0 Å². The minimum Gasteiger partial charge on any atom is -0.296 e. The Hall–Kier alpha value is -5.21.